The van der Waals surface area contributed by atoms with Crippen LogP contribution in [0.1, 0.15) is 37.0 Å². The Morgan fingerprint density at radius 2 is 1.74 bits per heavy atom. The van der Waals surface area contributed by atoms with Gasteiger partial charge in [0.2, 0.25) is 5.91 Å². The molecule has 4 N–H and O–H groups in total. The topological polar surface area (TPSA) is 84.2 Å². The molecule has 5 nitrogen and oxygen atoms in total. The Hall–Kier alpha value is -2.04. The van der Waals surface area contributed by atoms with Crippen molar-refractivity contribution < 1.29 is 9.59 Å². The molecule has 0 fully saturated rings. The van der Waals surface area contributed by atoms with Crippen LogP contribution in [0.15, 0.2) is 24.3 Å². The van der Waals surface area contributed by atoms with Gasteiger partial charge in [-0.05, 0) is 37.1 Å². The van der Waals surface area contributed by atoms with Crippen molar-refractivity contribution in [3.8, 4) is 0 Å². The molecule has 1 aromatic rings. The largest absolute Gasteiger partial charge is 0.399 e. The lowest BCUT2D eigenvalue weighted by atomic mass is 10.2. The number of anilines is 1. The average Bonchev–Trinajstić information content (AvgIpc) is 2.43. The fourth-order valence-corrected chi connectivity index (χ4v) is 1.67. The SMILES string of the molecule is CCC(CC)NC(=O)CNC(=O)c1ccc(N)cc1. The highest BCUT2D eigenvalue weighted by atomic mass is 16.2. The Kier molecular flexibility index (Phi) is 5.85. The summed E-state index contributed by atoms with van der Waals surface area (Å²) in [5.74, 6) is -0.447. The van der Waals surface area contributed by atoms with Crippen LogP contribution in [0.3, 0.4) is 0 Å². The number of carbonyl (C=O) groups is 2. The Morgan fingerprint density at radius 3 is 2.26 bits per heavy atom. The molecular formula is C14H21N3O2. The zero-order valence-electron chi connectivity index (χ0n) is 11.4. The predicted octanol–water partition coefficient (Wildman–Crippen LogP) is 1.30. The van der Waals surface area contributed by atoms with E-state index in [1.165, 1.54) is 0 Å². The lowest BCUT2D eigenvalue weighted by molar-refractivity contribution is -0.120. The summed E-state index contributed by atoms with van der Waals surface area (Å²) in [4.78, 5) is 23.4. The second-order valence-electron chi connectivity index (χ2n) is 4.39. The Balaban J connectivity index is 2.41. The molecule has 0 bridgehead atoms. The first kappa shape index (κ1) is 15.0. The molecule has 19 heavy (non-hydrogen) atoms. The van der Waals surface area contributed by atoms with Crippen molar-refractivity contribution in [2.24, 2.45) is 0 Å². The predicted molar refractivity (Wildman–Crippen MR) is 75.7 cm³/mol. The van der Waals surface area contributed by atoms with Crippen LogP contribution in [0.5, 0.6) is 0 Å². The second kappa shape index (κ2) is 7.41. The van der Waals surface area contributed by atoms with Crippen molar-refractivity contribution in [3.05, 3.63) is 29.8 Å². The number of carbonyl (C=O) groups excluding carboxylic acids is 2. The molecule has 0 unspecified atom stereocenters. The molecule has 0 aliphatic rings. The number of amides is 2. The number of nitrogen functional groups attached to an aromatic ring is 1. The molecule has 0 aliphatic heterocycles. The summed E-state index contributed by atoms with van der Waals surface area (Å²) in [6, 6.07) is 6.73. The molecule has 0 aromatic heterocycles. The quantitative estimate of drug-likeness (QED) is 0.676. The minimum atomic E-state index is -0.278. The van der Waals surface area contributed by atoms with Crippen LogP contribution in [0.4, 0.5) is 5.69 Å². The third kappa shape index (κ3) is 4.99. The maximum atomic E-state index is 11.8. The van der Waals surface area contributed by atoms with Gasteiger partial charge < -0.3 is 16.4 Å². The molecule has 1 aromatic carbocycles. The van der Waals surface area contributed by atoms with Crippen molar-refractivity contribution in [2.45, 2.75) is 32.7 Å². The average molecular weight is 263 g/mol. The van der Waals surface area contributed by atoms with E-state index >= 15 is 0 Å². The van der Waals surface area contributed by atoms with Gasteiger partial charge in [-0.25, -0.2) is 0 Å². The first-order valence-corrected chi connectivity index (χ1v) is 6.49. The minimum Gasteiger partial charge on any atom is -0.399 e. The van der Waals surface area contributed by atoms with Gasteiger partial charge in [0.15, 0.2) is 0 Å². The summed E-state index contributed by atoms with van der Waals surface area (Å²) < 4.78 is 0. The van der Waals surface area contributed by atoms with Crippen molar-refractivity contribution in [1.82, 2.24) is 10.6 Å². The number of hydrogen-bond acceptors (Lipinski definition) is 3. The summed E-state index contributed by atoms with van der Waals surface area (Å²) in [5.41, 5.74) is 6.63. The van der Waals surface area contributed by atoms with Crippen molar-refractivity contribution in [2.75, 3.05) is 12.3 Å². The first-order chi connectivity index (χ1) is 9.06. The Labute approximate surface area is 113 Å². The van der Waals surface area contributed by atoms with Crippen molar-refractivity contribution >= 4 is 17.5 Å². The van der Waals surface area contributed by atoms with Gasteiger partial charge in [-0.2, -0.15) is 0 Å². The number of rotatable bonds is 6. The molecule has 0 radical (unpaired) electrons. The zero-order chi connectivity index (χ0) is 14.3. The minimum absolute atomic E-state index is 0.0142. The van der Waals surface area contributed by atoms with Crippen molar-refractivity contribution in [1.29, 1.82) is 0 Å². The van der Waals surface area contributed by atoms with E-state index < -0.39 is 0 Å². The summed E-state index contributed by atoms with van der Waals surface area (Å²) in [6.07, 6.45) is 1.77. The normalized spacial score (nSPS) is 10.3. The smallest absolute Gasteiger partial charge is 0.251 e. The van der Waals surface area contributed by atoms with E-state index in [9.17, 15) is 9.59 Å². The highest BCUT2D eigenvalue weighted by Crippen LogP contribution is 2.04. The standard InChI is InChI=1S/C14H21N3O2/c1-3-12(4-2)17-13(18)9-16-14(19)10-5-7-11(15)8-6-10/h5-8,12H,3-4,9,15H2,1-2H3,(H,16,19)(H,17,18). The molecule has 104 valence electrons. The number of benzene rings is 1. The van der Waals surface area contributed by atoms with Gasteiger partial charge in [-0.1, -0.05) is 13.8 Å². The molecule has 0 atom stereocenters. The van der Waals surface area contributed by atoms with Crippen LogP contribution in [0.2, 0.25) is 0 Å². The monoisotopic (exact) mass is 263 g/mol. The van der Waals surface area contributed by atoms with Gasteiger partial charge in [0.05, 0.1) is 6.54 Å². The molecular weight excluding hydrogens is 242 g/mol. The lowest BCUT2D eigenvalue weighted by Gasteiger charge is -2.14. The Bertz CT molecular complexity index is 425. The van der Waals surface area contributed by atoms with Gasteiger partial charge in [-0.3, -0.25) is 9.59 Å². The molecule has 0 saturated carbocycles. The molecule has 1 rings (SSSR count). The van der Waals surface area contributed by atoms with Crippen LogP contribution in [0, 0.1) is 0 Å². The van der Waals surface area contributed by atoms with E-state index in [-0.39, 0.29) is 24.4 Å². The molecule has 5 heteroatoms. The number of nitrogens with two attached hydrogens (primary N) is 1. The molecule has 0 spiro atoms. The molecule has 2 amide bonds. The van der Waals surface area contributed by atoms with Gasteiger partial charge >= 0.3 is 0 Å². The second-order valence-corrected chi connectivity index (χ2v) is 4.39. The van der Waals surface area contributed by atoms with E-state index in [0.29, 0.717) is 11.3 Å². The maximum Gasteiger partial charge on any atom is 0.251 e. The highest BCUT2D eigenvalue weighted by molar-refractivity contribution is 5.96. The molecule has 0 heterocycles. The summed E-state index contributed by atoms with van der Waals surface area (Å²) in [6.45, 7) is 4.02. The van der Waals surface area contributed by atoms with Crippen LogP contribution in [0.25, 0.3) is 0 Å². The Morgan fingerprint density at radius 1 is 1.16 bits per heavy atom. The van der Waals surface area contributed by atoms with E-state index in [4.69, 9.17) is 5.73 Å². The first-order valence-electron chi connectivity index (χ1n) is 6.49. The number of nitrogens with one attached hydrogen (secondary N) is 2. The molecule has 0 aliphatic carbocycles. The van der Waals surface area contributed by atoms with Crippen LogP contribution in [-0.4, -0.2) is 24.4 Å². The maximum absolute atomic E-state index is 11.8. The fourth-order valence-electron chi connectivity index (χ4n) is 1.67. The summed E-state index contributed by atoms with van der Waals surface area (Å²) in [5, 5.41) is 5.44. The van der Waals surface area contributed by atoms with E-state index in [2.05, 4.69) is 10.6 Å². The zero-order valence-corrected chi connectivity index (χ0v) is 11.4. The van der Waals surface area contributed by atoms with Gasteiger partial charge in [0.25, 0.3) is 5.91 Å². The van der Waals surface area contributed by atoms with Gasteiger partial charge in [0, 0.05) is 17.3 Å². The summed E-state index contributed by atoms with van der Waals surface area (Å²) in [7, 11) is 0. The van der Waals surface area contributed by atoms with E-state index in [1.807, 2.05) is 13.8 Å². The lowest BCUT2D eigenvalue weighted by Crippen LogP contribution is -2.41. The van der Waals surface area contributed by atoms with Crippen molar-refractivity contribution in [3.63, 3.8) is 0 Å². The van der Waals surface area contributed by atoms with E-state index in [0.717, 1.165) is 12.8 Å². The van der Waals surface area contributed by atoms with Crippen LogP contribution >= 0.6 is 0 Å². The molecule has 0 saturated heterocycles. The summed E-state index contributed by atoms with van der Waals surface area (Å²) >= 11 is 0. The number of hydrogen-bond donors (Lipinski definition) is 3. The third-order valence-electron chi connectivity index (χ3n) is 2.93. The van der Waals surface area contributed by atoms with Gasteiger partial charge in [-0.15, -0.1) is 0 Å². The van der Waals surface area contributed by atoms with Gasteiger partial charge in [0.1, 0.15) is 0 Å². The third-order valence-corrected chi connectivity index (χ3v) is 2.93. The van der Waals surface area contributed by atoms with Crippen LogP contribution in [-0.2, 0) is 4.79 Å². The highest BCUT2D eigenvalue weighted by Gasteiger charge is 2.10. The van der Waals surface area contributed by atoms with E-state index in [1.54, 1.807) is 24.3 Å². The fraction of sp³-hybridized carbons (Fsp3) is 0.429. The van der Waals surface area contributed by atoms with Crippen LogP contribution < -0.4 is 16.4 Å².